The SMILES string of the molecule is CCCCCCCCC(C)=O.N. The van der Waals surface area contributed by atoms with Crippen LogP contribution in [0.1, 0.15) is 58.8 Å². The van der Waals surface area contributed by atoms with Crippen LogP contribution >= 0.6 is 0 Å². The fraction of sp³-hybridized carbons (Fsp3) is 0.900. The Labute approximate surface area is 76.3 Å². The zero-order valence-corrected chi connectivity index (χ0v) is 8.57. The molecule has 0 heterocycles. The lowest BCUT2D eigenvalue weighted by Gasteiger charge is -1.97. The van der Waals surface area contributed by atoms with Crippen LogP contribution in [-0.2, 0) is 4.79 Å². The number of rotatable bonds is 7. The van der Waals surface area contributed by atoms with E-state index in [0.29, 0.717) is 5.78 Å². The molecule has 0 fully saturated rings. The Kier molecular flexibility index (Phi) is 12.6. The van der Waals surface area contributed by atoms with Gasteiger partial charge in [0.05, 0.1) is 0 Å². The van der Waals surface area contributed by atoms with Gasteiger partial charge in [0.2, 0.25) is 0 Å². The van der Waals surface area contributed by atoms with Crippen LogP contribution in [0.15, 0.2) is 0 Å². The molecule has 0 saturated carbocycles. The summed E-state index contributed by atoms with van der Waals surface area (Å²) in [7, 11) is 0. The largest absolute Gasteiger partial charge is 0.344 e. The van der Waals surface area contributed by atoms with Crippen molar-refractivity contribution >= 4 is 5.78 Å². The normalized spacial score (nSPS) is 9.17. The van der Waals surface area contributed by atoms with Crippen LogP contribution in [0.3, 0.4) is 0 Å². The highest BCUT2D eigenvalue weighted by molar-refractivity contribution is 5.75. The van der Waals surface area contributed by atoms with Crippen LogP contribution < -0.4 is 6.15 Å². The molecule has 2 nitrogen and oxygen atoms in total. The van der Waals surface area contributed by atoms with E-state index < -0.39 is 0 Å². The molecule has 0 rings (SSSR count). The molecule has 0 aliphatic heterocycles. The fourth-order valence-electron chi connectivity index (χ4n) is 1.15. The lowest BCUT2D eigenvalue weighted by atomic mass is 10.1. The van der Waals surface area contributed by atoms with Crippen molar-refractivity contribution in [1.82, 2.24) is 6.15 Å². The van der Waals surface area contributed by atoms with E-state index in [-0.39, 0.29) is 6.15 Å². The summed E-state index contributed by atoms with van der Waals surface area (Å²) in [4.78, 5) is 10.5. The predicted octanol–water partition coefficient (Wildman–Crippen LogP) is 3.49. The maximum Gasteiger partial charge on any atom is 0.129 e. The molecule has 0 amide bonds. The van der Waals surface area contributed by atoms with Gasteiger partial charge in [-0.1, -0.05) is 39.0 Å². The Morgan fingerprint density at radius 1 is 1.00 bits per heavy atom. The molecule has 0 aliphatic carbocycles. The number of carbonyl (C=O) groups excluding carboxylic acids is 1. The minimum absolute atomic E-state index is 0. The monoisotopic (exact) mass is 173 g/mol. The second-order valence-electron chi connectivity index (χ2n) is 3.22. The molecule has 0 atom stereocenters. The molecule has 0 aromatic rings. The number of unbranched alkanes of at least 4 members (excludes halogenated alkanes) is 5. The zero-order chi connectivity index (χ0) is 8.53. The van der Waals surface area contributed by atoms with E-state index in [1.165, 1.54) is 32.1 Å². The van der Waals surface area contributed by atoms with Crippen molar-refractivity contribution in [2.45, 2.75) is 58.8 Å². The van der Waals surface area contributed by atoms with Gasteiger partial charge in [-0.15, -0.1) is 0 Å². The Morgan fingerprint density at radius 3 is 2.00 bits per heavy atom. The highest BCUT2D eigenvalue weighted by Gasteiger charge is 1.92. The maximum absolute atomic E-state index is 10.5. The van der Waals surface area contributed by atoms with Gasteiger partial charge in [-0.05, 0) is 13.3 Å². The third kappa shape index (κ3) is 12.3. The summed E-state index contributed by atoms with van der Waals surface area (Å²) in [5.41, 5.74) is 0. The Hall–Kier alpha value is -0.370. The summed E-state index contributed by atoms with van der Waals surface area (Å²) < 4.78 is 0. The fourth-order valence-corrected chi connectivity index (χ4v) is 1.15. The van der Waals surface area contributed by atoms with Crippen molar-refractivity contribution in [3.8, 4) is 0 Å². The first-order valence-corrected chi connectivity index (χ1v) is 4.76. The minimum atomic E-state index is 0. The first kappa shape index (κ1) is 14.2. The van der Waals surface area contributed by atoms with Gasteiger partial charge in [-0.3, -0.25) is 0 Å². The molecule has 74 valence electrons. The van der Waals surface area contributed by atoms with E-state index in [0.717, 1.165) is 12.8 Å². The van der Waals surface area contributed by atoms with Gasteiger partial charge in [0, 0.05) is 6.42 Å². The van der Waals surface area contributed by atoms with Crippen LogP contribution in [0.4, 0.5) is 0 Å². The van der Waals surface area contributed by atoms with E-state index in [4.69, 9.17) is 0 Å². The average molecular weight is 173 g/mol. The summed E-state index contributed by atoms with van der Waals surface area (Å²) in [5.74, 6) is 0.334. The molecule has 0 saturated heterocycles. The Balaban J connectivity index is 0. The smallest absolute Gasteiger partial charge is 0.129 e. The molecule has 0 bridgehead atoms. The third-order valence-electron chi connectivity index (χ3n) is 1.88. The van der Waals surface area contributed by atoms with Gasteiger partial charge in [0.1, 0.15) is 5.78 Å². The van der Waals surface area contributed by atoms with Crippen molar-refractivity contribution < 1.29 is 4.79 Å². The molecular weight excluding hydrogens is 150 g/mol. The first-order chi connectivity index (χ1) is 5.27. The van der Waals surface area contributed by atoms with Gasteiger partial charge in [-0.2, -0.15) is 0 Å². The molecule has 0 aromatic heterocycles. The average Bonchev–Trinajstić information content (AvgIpc) is 1.96. The molecule has 2 heteroatoms. The van der Waals surface area contributed by atoms with E-state index in [2.05, 4.69) is 6.92 Å². The zero-order valence-electron chi connectivity index (χ0n) is 8.57. The molecule has 0 unspecified atom stereocenters. The standard InChI is InChI=1S/C10H20O.H3N/c1-3-4-5-6-7-8-9-10(2)11;/h3-9H2,1-2H3;1H3. The van der Waals surface area contributed by atoms with Crippen LogP contribution in [0.2, 0.25) is 0 Å². The van der Waals surface area contributed by atoms with Crippen molar-refractivity contribution in [3.05, 3.63) is 0 Å². The summed E-state index contributed by atoms with van der Waals surface area (Å²) in [6.45, 7) is 3.89. The summed E-state index contributed by atoms with van der Waals surface area (Å²) in [5, 5.41) is 0. The highest BCUT2D eigenvalue weighted by Crippen LogP contribution is 2.06. The molecule has 0 spiro atoms. The maximum atomic E-state index is 10.5. The molecule has 0 aromatic carbocycles. The molecule has 0 aliphatic rings. The van der Waals surface area contributed by atoms with Crippen molar-refractivity contribution in [3.63, 3.8) is 0 Å². The highest BCUT2D eigenvalue weighted by atomic mass is 16.1. The van der Waals surface area contributed by atoms with Crippen molar-refractivity contribution in [2.24, 2.45) is 0 Å². The van der Waals surface area contributed by atoms with Crippen LogP contribution in [0, 0.1) is 0 Å². The predicted molar refractivity (Wildman–Crippen MR) is 53.7 cm³/mol. The third-order valence-corrected chi connectivity index (χ3v) is 1.88. The number of hydrogen-bond donors (Lipinski definition) is 1. The molecule has 12 heavy (non-hydrogen) atoms. The van der Waals surface area contributed by atoms with Gasteiger partial charge < -0.3 is 10.9 Å². The number of hydrogen-bond acceptors (Lipinski definition) is 2. The summed E-state index contributed by atoms with van der Waals surface area (Å²) >= 11 is 0. The number of carbonyl (C=O) groups is 1. The van der Waals surface area contributed by atoms with E-state index in [1.807, 2.05) is 0 Å². The van der Waals surface area contributed by atoms with Crippen LogP contribution in [0.5, 0.6) is 0 Å². The molecule has 0 radical (unpaired) electrons. The number of Topliss-reactive ketones (excluding diaryl/α,β-unsaturated/α-hetero) is 1. The first-order valence-electron chi connectivity index (χ1n) is 4.76. The summed E-state index contributed by atoms with van der Waals surface area (Å²) in [6, 6.07) is 0. The summed E-state index contributed by atoms with van der Waals surface area (Å²) in [6.07, 6.45) is 8.41. The van der Waals surface area contributed by atoms with Crippen molar-refractivity contribution in [1.29, 1.82) is 0 Å². The second kappa shape index (κ2) is 10.6. The van der Waals surface area contributed by atoms with E-state index >= 15 is 0 Å². The lowest BCUT2D eigenvalue weighted by Crippen LogP contribution is -1.88. The van der Waals surface area contributed by atoms with Gasteiger partial charge in [0.15, 0.2) is 0 Å². The second-order valence-corrected chi connectivity index (χ2v) is 3.22. The topological polar surface area (TPSA) is 52.1 Å². The Bertz CT molecular complexity index is 102. The van der Waals surface area contributed by atoms with Gasteiger partial charge >= 0.3 is 0 Å². The molecular formula is C10H23NO. The lowest BCUT2D eigenvalue weighted by molar-refractivity contribution is -0.117. The number of ketones is 1. The molecule has 3 N–H and O–H groups in total. The van der Waals surface area contributed by atoms with Crippen LogP contribution in [-0.4, -0.2) is 5.78 Å². The van der Waals surface area contributed by atoms with Crippen LogP contribution in [0.25, 0.3) is 0 Å². The van der Waals surface area contributed by atoms with Crippen molar-refractivity contribution in [2.75, 3.05) is 0 Å². The van der Waals surface area contributed by atoms with E-state index in [9.17, 15) is 4.79 Å². The quantitative estimate of drug-likeness (QED) is 0.599. The van der Waals surface area contributed by atoms with Gasteiger partial charge in [0.25, 0.3) is 0 Å². The minimum Gasteiger partial charge on any atom is -0.344 e. The Morgan fingerprint density at radius 2 is 1.50 bits per heavy atom. The van der Waals surface area contributed by atoms with E-state index in [1.54, 1.807) is 6.92 Å². The van der Waals surface area contributed by atoms with Gasteiger partial charge in [-0.25, -0.2) is 0 Å².